The Balaban J connectivity index is 2.15. The molecule has 1 aromatic heterocycles. The van der Waals surface area contributed by atoms with Gasteiger partial charge in [0.15, 0.2) is 11.5 Å². The van der Waals surface area contributed by atoms with Crippen LogP contribution < -0.4 is 9.47 Å². The summed E-state index contributed by atoms with van der Waals surface area (Å²) in [7, 11) is 2.95. The quantitative estimate of drug-likeness (QED) is 0.254. The lowest BCUT2D eigenvalue weighted by molar-refractivity contribution is -0.151. The molecule has 0 atom stereocenters. The van der Waals surface area contributed by atoms with Gasteiger partial charge >= 0.3 is 5.97 Å². The summed E-state index contributed by atoms with van der Waals surface area (Å²) in [5, 5.41) is 11.2. The minimum Gasteiger partial charge on any atom is -0.507 e. The van der Waals surface area contributed by atoms with Crippen molar-refractivity contribution in [2.45, 2.75) is 13.5 Å². The minimum absolute atomic E-state index is 0.0428. The van der Waals surface area contributed by atoms with E-state index in [0.717, 1.165) is 11.6 Å². The van der Waals surface area contributed by atoms with Crippen molar-refractivity contribution in [2.24, 2.45) is 0 Å². The molecule has 0 amide bonds. The van der Waals surface area contributed by atoms with Gasteiger partial charge in [-0.3, -0.25) is 4.79 Å². The van der Waals surface area contributed by atoms with Gasteiger partial charge < -0.3 is 23.9 Å². The van der Waals surface area contributed by atoms with Crippen molar-refractivity contribution in [2.75, 3.05) is 20.8 Å². The standard InChI is InChI=1S/C23H22FNO6/c1-4-31-23(28)19(27)11-18(26)16-13-25(12-14-5-7-15(24)8-6-14)17-9-10-20(29-2)22(30-3)21(16)17/h5-11,13,26H,4,12H2,1-3H3. The van der Waals surface area contributed by atoms with Crippen LogP contribution in [0.25, 0.3) is 16.7 Å². The number of benzene rings is 2. The van der Waals surface area contributed by atoms with Crippen LogP contribution in [0.3, 0.4) is 0 Å². The van der Waals surface area contributed by atoms with E-state index in [2.05, 4.69) is 4.74 Å². The predicted molar refractivity (Wildman–Crippen MR) is 113 cm³/mol. The number of hydrogen-bond donors (Lipinski definition) is 1. The fourth-order valence-corrected chi connectivity index (χ4v) is 3.28. The number of carbonyl (C=O) groups excluding carboxylic acids is 2. The zero-order chi connectivity index (χ0) is 22.5. The number of aliphatic hydroxyl groups is 1. The number of hydrogen-bond acceptors (Lipinski definition) is 6. The highest BCUT2D eigenvalue weighted by Gasteiger charge is 2.21. The second kappa shape index (κ2) is 9.34. The van der Waals surface area contributed by atoms with E-state index in [4.69, 9.17) is 9.47 Å². The molecule has 162 valence electrons. The van der Waals surface area contributed by atoms with Crippen LogP contribution in [0.5, 0.6) is 11.5 Å². The van der Waals surface area contributed by atoms with Crippen LogP contribution in [0.4, 0.5) is 4.39 Å². The minimum atomic E-state index is -1.06. The van der Waals surface area contributed by atoms with Crippen molar-refractivity contribution in [3.8, 4) is 11.5 Å². The summed E-state index contributed by atoms with van der Waals surface area (Å²) in [6.07, 6.45) is 2.44. The summed E-state index contributed by atoms with van der Waals surface area (Å²) in [5.74, 6) is -2.02. The first-order chi connectivity index (χ1) is 14.9. The van der Waals surface area contributed by atoms with Crippen LogP contribution in [0.15, 0.2) is 48.7 Å². The highest BCUT2D eigenvalue weighted by atomic mass is 19.1. The molecule has 7 nitrogen and oxygen atoms in total. The molecule has 0 spiro atoms. The molecule has 2 aromatic carbocycles. The second-order valence-corrected chi connectivity index (χ2v) is 6.61. The van der Waals surface area contributed by atoms with Gasteiger partial charge in [-0.2, -0.15) is 0 Å². The molecular formula is C23H22FNO6. The van der Waals surface area contributed by atoms with Crippen molar-refractivity contribution in [3.05, 3.63) is 65.6 Å². The lowest BCUT2D eigenvalue weighted by Gasteiger charge is -2.11. The number of ether oxygens (including phenoxy) is 3. The van der Waals surface area contributed by atoms with Gasteiger partial charge in [-0.15, -0.1) is 0 Å². The van der Waals surface area contributed by atoms with Crippen molar-refractivity contribution >= 4 is 28.4 Å². The molecule has 1 heterocycles. The third kappa shape index (κ3) is 4.53. The maximum absolute atomic E-state index is 13.3. The van der Waals surface area contributed by atoms with Crippen molar-refractivity contribution in [1.29, 1.82) is 0 Å². The summed E-state index contributed by atoms with van der Waals surface area (Å²) in [6.45, 7) is 1.99. The van der Waals surface area contributed by atoms with Crippen LogP contribution in [0, 0.1) is 5.82 Å². The van der Waals surface area contributed by atoms with Crippen molar-refractivity contribution < 1.29 is 33.3 Å². The number of nitrogens with zero attached hydrogens (tertiary/aromatic N) is 1. The zero-order valence-corrected chi connectivity index (χ0v) is 17.3. The summed E-state index contributed by atoms with van der Waals surface area (Å²) >= 11 is 0. The Bertz CT molecular complexity index is 1150. The van der Waals surface area contributed by atoms with Crippen LogP contribution in [-0.4, -0.2) is 42.3 Å². The Morgan fingerprint density at radius 2 is 1.81 bits per heavy atom. The Morgan fingerprint density at radius 3 is 2.42 bits per heavy atom. The first-order valence-electron chi connectivity index (χ1n) is 9.50. The second-order valence-electron chi connectivity index (χ2n) is 6.61. The van der Waals surface area contributed by atoms with Crippen LogP contribution >= 0.6 is 0 Å². The van der Waals surface area contributed by atoms with Gasteiger partial charge in [-0.25, -0.2) is 9.18 Å². The monoisotopic (exact) mass is 427 g/mol. The van der Waals surface area contributed by atoms with Gasteiger partial charge in [0.1, 0.15) is 11.6 Å². The average Bonchev–Trinajstić information content (AvgIpc) is 3.13. The molecule has 0 bridgehead atoms. The number of esters is 1. The number of methoxy groups -OCH3 is 2. The van der Waals surface area contributed by atoms with E-state index < -0.39 is 17.5 Å². The maximum atomic E-state index is 13.3. The van der Waals surface area contributed by atoms with E-state index >= 15 is 0 Å². The fourth-order valence-electron chi connectivity index (χ4n) is 3.28. The maximum Gasteiger partial charge on any atom is 0.379 e. The average molecular weight is 427 g/mol. The van der Waals surface area contributed by atoms with Crippen LogP contribution in [0.2, 0.25) is 0 Å². The van der Waals surface area contributed by atoms with Gasteiger partial charge in [-0.1, -0.05) is 12.1 Å². The smallest absolute Gasteiger partial charge is 0.379 e. The summed E-state index contributed by atoms with van der Waals surface area (Å²) in [4.78, 5) is 23.7. The first-order valence-corrected chi connectivity index (χ1v) is 9.50. The normalized spacial score (nSPS) is 11.4. The highest BCUT2D eigenvalue weighted by Crippen LogP contribution is 2.40. The zero-order valence-electron chi connectivity index (χ0n) is 17.3. The Hall–Kier alpha value is -3.81. The number of aliphatic hydroxyl groups excluding tert-OH is 1. The van der Waals surface area contributed by atoms with E-state index in [-0.39, 0.29) is 18.0 Å². The molecule has 0 saturated heterocycles. The Morgan fingerprint density at radius 1 is 1.10 bits per heavy atom. The van der Waals surface area contributed by atoms with E-state index in [0.29, 0.717) is 28.9 Å². The topological polar surface area (TPSA) is 87.0 Å². The lowest BCUT2D eigenvalue weighted by atomic mass is 10.1. The number of ketones is 1. The fraction of sp³-hybridized carbons (Fsp3) is 0.217. The molecule has 0 radical (unpaired) electrons. The summed E-state index contributed by atoms with van der Waals surface area (Å²) in [5.41, 5.74) is 1.77. The Kier molecular flexibility index (Phi) is 6.59. The summed E-state index contributed by atoms with van der Waals surface area (Å²) < 4.78 is 30.6. The molecule has 0 unspecified atom stereocenters. The van der Waals surface area contributed by atoms with E-state index in [1.807, 2.05) is 4.57 Å². The molecule has 0 aliphatic carbocycles. The SMILES string of the molecule is CCOC(=O)C(=O)C=C(O)c1cn(Cc2ccc(F)cc2)c2ccc(OC)c(OC)c12. The van der Waals surface area contributed by atoms with Gasteiger partial charge in [0, 0.05) is 24.4 Å². The molecule has 8 heteroatoms. The number of halogens is 1. The number of aromatic nitrogens is 1. The number of rotatable bonds is 8. The first kappa shape index (κ1) is 21.9. The molecule has 0 fully saturated rings. The third-order valence-electron chi connectivity index (χ3n) is 4.67. The molecule has 0 saturated carbocycles. The van der Waals surface area contributed by atoms with Crippen LogP contribution in [-0.2, 0) is 20.9 Å². The molecule has 3 rings (SSSR count). The largest absolute Gasteiger partial charge is 0.507 e. The van der Waals surface area contributed by atoms with E-state index in [9.17, 15) is 19.1 Å². The molecule has 0 aliphatic rings. The van der Waals surface area contributed by atoms with Gasteiger partial charge in [0.2, 0.25) is 0 Å². The third-order valence-corrected chi connectivity index (χ3v) is 4.67. The molecule has 3 aromatic rings. The Labute approximate surface area is 178 Å². The molecular weight excluding hydrogens is 405 g/mol. The van der Waals surface area contributed by atoms with Crippen molar-refractivity contribution in [3.63, 3.8) is 0 Å². The lowest BCUT2D eigenvalue weighted by Crippen LogP contribution is -2.15. The number of fused-ring (bicyclic) bond motifs is 1. The predicted octanol–water partition coefficient (Wildman–Crippen LogP) is 3.88. The van der Waals surface area contributed by atoms with E-state index in [1.54, 1.807) is 37.4 Å². The molecule has 0 aliphatic heterocycles. The number of carbonyl (C=O) groups is 2. The summed E-state index contributed by atoms with van der Waals surface area (Å²) in [6, 6.07) is 9.53. The highest BCUT2D eigenvalue weighted by molar-refractivity contribution is 6.39. The van der Waals surface area contributed by atoms with Crippen LogP contribution in [0.1, 0.15) is 18.1 Å². The van der Waals surface area contributed by atoms with E-state index in [1.165, 1.54) is 26.4 Å². The molecule has 31 heavy (non-hydrogen) atoms. The van der Waals surface area contributed by atoms with Gasteiger partial charge in [0.25, 0.3) is 5.78 Å². The van der Waals surface area contributed by atoms with Crippen molar-refractivity contribution in [1.82, 2.24) is 4.57 Å². The van der Waals surface area contributed by atoms with Gasteiger partial charge in [-0.05, 0) is 36.8 Å². The molecule has 1 N–H and O–H groups in total. The van der Waals surface area contributed by atoms with Gasteiger partial charge in [0.05, 0.1) is 31.7 Å².